The molecule has 1 aromatic rings. The van der Waals surface area contributed by atoms with E-state index in [-0.39, 0.29) is 6.61 Å². The number of carbonyl (C=O) groups excluding carboxylic acids is 1. The smallest absolute Gasteiger partial charge is 0.201 e. The van der Waals surface area contributed by atoms with Gasteiger partial charge in [-0.1, -0.05) is 0 Å². The molecule has 0 bridgehead atoms. The third-order valence-electron chi connectivity index (χ3n) is 1.27. The van der Waals surface area contributed by atoms with Gasteiger partial charge in [-0.25, -0.2) is 4.98 Å². The lowest BCUT2D eigenvalue weighted by atomic mass is 10.1. The maximum absolute atomic E-state index is 10.4. The van der Waals surface area contributed by atoms with Gasteiger partial charge in [-0.2, -0.15) is 0 Å². The molecule has 0 aliphatic rings. The molecule has 0 saturated heterocycles. The second-order valence-corrected chi connectivity index (χ2v) is 3.37. The van der Waals surface area contributed by atoms with E-state index < -0.39 is 5.81 Å². The SMILES string of the molecule is [B]C(=O)Nc1nc(CO)c(C)s1. The van der Waals surface area contributed by atoms with Crippen molar-refractivity contribution in [2.75, 3.05) is 5.32 Å². The molecule has 6 heteroatoms. The third-order valence-corrected chi connectivity index (χ3v) is 2.20. The minimum Gasteiger partial charge on any atom is -0.390 e. The van der Waals surface area contributed by atoms with E-state index in [4.69, 9.17) is 13.0 Å². The Bertz CT molecular complexity index is 300. The lowest BCUT2D eigenvalue weighted by Crippen LogP contribution is -2.07. The molecule has 2 radical (unpaired) electrons. The van der Waals surface area contributed by atoms with Crippen LogP contribution < -0.4 is 5.32 Å². The van der Waals surface area contributed by atoms with Crippen LogP contribution in [0.1, 0.15) is 10.6 Å². The second-order valence-electron chi connectivity index (χ2n) is 2.17. The molecule has 1 amide bonds. The van der Waals surface area contributed by atoms with Crippen LogP contribution in [-0.4, -0.2) is 23.7 Å². The number of hydrogen-bond acceptors (Lipinski definition) is 4. The first-order valence-corrected chi connectivity index (χ1v) is 4.08. The van der Waals surface area contributed by atoms with Crippen LogP contribution >= 0.6 is 11.3 Å². The van der Waals surface area contributed by atoms with Crippen molar-refractivity contribution < 1.29 is 9.90 Å². The van der Waals surface area contributed by atoms with Crippen molar-refractivity contribution >= 4 is 30.1 Å². The topological polar surface area (TPSA) is 62.2 Å². The summed E-state index contributed by atoms with van der Waals surface area (Å²) in [6, 6.07) is 0. The molecule has 62 valence electrons. The van der Waals surface area contributed by atoms with E-state index >= 15 is 0 Å². The number of aromatic nitrogens is 1. The lowest BCUT2D eigenvalue weighted by Gasteiger charge is -1.92. The molecule has 0 saturated carbocycles. The van der Waals surface area contributed by atoms with Crippen molar-refractivity contribution in [2.45, 2.75) is 13.5 Å². The van der Waals surface area contributed by atoms with Crippen LogP contribution in [0.25, 0.3) is 0 Å². The Morgan fingerprint density at radius 3 is 2.92 bits per heavy atom. The fourth-order valence-corrected chi connectivity index (χ4v) is 1.56. The molecule has 0 aliphatic heterocycles. The van der Waals surface area contributed by atoms with E-state index in [1.165, 1.54) is 11.3 Å². The highest BCUT2D eigenvalue weighted by atomic mass is 32.1. The van der Waals surface area contributed by atoms with Gasteiger partial charge < -0.3 is 10.4 Å². The molecule has 0 aromatic carbocycles. The zero-order valence-corrected chi connectivity index (χ0v) is 7.31. The fraction of sp³-hybridized carbons (Fsp3) is 0.333. The number of nitrogens with one attached hydrogen (secondary N) is 1. The Kier molecular flexibility index (Phi) is 2.83. The van der Waals surface area contributed by atoms with Crippen molar-refractivity contribution in [1.29, 1.82) is 0 Å². The monoisotopic (exact) mass is 182 g/mol. The van der Waals surface area contributed by atoms with Gasteiger partial charge in [0.1, 0.15) is 0 Å². The highest BCUT2D eigenvalue weighted by Crippen LogP contribution is 2.21. The highest BCUT2D eigenvalue weighted by molar-refractivity contribution is 7.16. The Morgan fingerprint density at radius 1 is 1.83 bits per heavy atom. The summed E-state index contributed by atoms with van der Waals surface area (Å²) in [6.07, 6.45) is 0. The molecule has 0 fully saturated rings. The van der Waals surface area contributed by atoms with Crippen molar-refractivity contribution in [3.8, 4) is 0 Å². The van der Waals surface area contributed by atoms with E-state index in [1.807, 2.05) is 6.92 Å². The number of nitrogens with zero attached hydrogens (tertiary/aromatic N) is 1. The number of thiazole rings is 1. The molecule has 12 heavy (non-hydrogen) atoms. The van der Waals surface area contributed by atoms with Gasteiger partial charge in [0, 0.05) is 4.88 Å². The molecule has 2 N–H and O–H groups in total. The third kappa shape index (κ3) is 2.05. The van der Waals surface area contributed by atoms with E-state index in [0.717, 1.165) is 4.88 Å². The Labute approximate surface area is 75.0 Å². The van der Waals surface area contributed by atoms with Gasteiger partial charge in [0.25, 0.3) is 0 Å². The summed E-state index contributed by atoms with van der Waals surface area (Å²) in [5.74, 6) is -0.645. The summed E-state index contributed by atoms with van der Waals surface area (Å²) in [7, 11) is 4.88. The quantitative estimate of drug-likeness (QED) is 0.659. The van der Waals surface area contributed by atoms with Crippen LogP contribution in [0.3, 0.4) is 0 Å². The predicted octanol–water partition coefficient (Wildman–Crippen LogP) is 0.644. The standard InChI is InChI=1S/C6H7BN2O2S/c1-3-4(2-10)8-6(12-3)9-5(7)11/h10H,2H2,1H3,(H,8,9,11). The first-order chi connectivity index (χ1) is 5.63. The van der Waals surface area contributed by atoms with Crippen molar-refractivity contribution in [3.63, 3.8) is 0 Å². The predicted molar refractivity (Wildman–Crippen MR) is 47.5 cm³/mol. The van der Waals surface area contributed by atoms with E-state index in [9.17, 15) is 4.79 Å². The number of carbonyl (C=O) groups is 1. The average molecular weight is 182 g/mol. The summed E-state index contributed by atoms with van der Waals surface area (Å²) < 4.78 is 0. The zero-order valence-electron chi connectivity index (χ0n) is 6.50. The summed E-state index contributed by atoms with van der Waals surface area (Å²) in [4.78, 5) is 15.2. The Balaban J connectivity index is 2.82. The Hall–Kier alpha value is -0.875. The van der Waals surface area contributed by atoms with Gasteiger partial charge in [0.15, 0.2) is 10.9 Å². The zero-order chi connectivity index (χ0) is 9.14. The van der Waals surface area contributed by atoms with E-state index in [0.29, 0.717) is 10.8 Å². The largest absolute Gasteiger partial charge is 0.390 e. The van der Waals surface area contributed by atoms with Gasteiger partial charge in [-0.05, 0) is 6.92 Å². The van der Waals surface area contributed by atoms with Crippen LogP contribution in [0.5, 0.6) is 0 Å². The first-order valence-electron chi connectivity index (χ1n) is 3.27. The first kappa shape index (κ1) is 9.21. The maximum atomic E-state index is 10.4. The minimum absolute atomic E-state index is 0.122. The molecular formula is C6H7BN2O2S. The van der Waals surface area contributed by atoms with E-state index in [2.05, 4.69) is 10.3 Å². The van der Waals surface area contributed by atoms with Gasteiger partial charge in [0.2, 0.25) is 7.85 Å². The van der Waals surface area contributed by atoms with Crippen molar-refractivity contribution in [2.24, 2.45) is 0 Å². The van der Waals surface area contributed by atoms with Gasteiger partial charge in [-0.3, -0.25) is 4.79 Å². The summed E-state index contributed by atoms with van der Waals surface area (Å²) in [5.41, 5.74) is 0.573. The van der Waals surface area contributed by atoms with Crippen molar-refractivity contribution in [1.82, 2.24) is 4.98 Å². The molecule has 1 aromatic heterocycles. The molecule has 0 spiro atoms. The Morgan fingerprint density at radius 2 is 2.50 bits per heavy atom. The number of aryl methyl sites for hydroxylation is 1. The summed E-state index contributed by atoms with van der Waals surface area (Å²) in [5, 5.41) is 11.5. The highest BCUT2D eigenvalue weighted by Gasteiger charge is 2.06. The second kappa shape index (κ2) is 3.69. The molecule has 0 unspecified atom stereocenters. The van der Waals surface area contributed by atoms with E-state index in [1.54, 1.807) is 0 Å². The summed E-state index contributed by atoms with van der Waals surface area (Å²) >= 11 is 1.28. The number of amides is 1. The number of hydrogen-bond donors (Lipinski definition) is 2. The van der Waals surface area contributed by atoms with Crippen LogP contribution in [0.4, 0.5) is 9.93 Å². The van der Waals surface area contributed by atoms with Crippen LogP contribution in [0.2, 0.25) is 0 Å². The van der Waals surface area contributed by atoms with Crippen molar-refractivity contribution in [3.05, 3.63) is 10.6 Å². The lowest BCUT2D eigenvalue weighted by molar-refractivity contribution is 0.268. The molecule has 0 aliphatic carbocycles. The molecule has 1 rings (SSSR count). The van der Waals surface area contributed by atoms with Gasteiger partial charge >= 0.3 is 0 Å². The van der Waals surface area contributed by atoms with Crippen LogP contribution in [0.15, 0.2) is 0 Å². The summed E-state index contributed by atoms with van der Waals surface area (Å²) in [6.45, 7) is 1.69. The normalized spacial score (nSPS) is 9.83. The molecule has 4 nitrogen and oxygen atoms in total. The maximum Gasteiger partial charge on any atom is 0.201 e. The number of aliphatic hydroxyl groups is 1. The molecule has 0 atom stereocenters. The van der Waals surface area contributed by atoms with Crippen LogP contribution in [-0.2, 0) is 6.61 Å². The van der Waals surface area contributed by atoms with Crippen LogP contribution in [0, 0.1) is 6.92 Å². The van der Waals surface area contributed by atoms with Gasteiger partial charge in [-0.15, -0.1) is 11.3 Å². The number of anilines is 1. The number of rotatable bonds is 2. The number of aliphatic hydroxyl groups excluding tert-OH is 1. The molecular weight excluding hydrogens is 175 g/mol. The minimum atomic E-state index is -0.645. The van der Waals surface area contributed by atoms with Gasteiger partial charge in [0.05, 0.1) is 12.3 Å². The molecule has 1 heterocycles. The average Bonchev–Trinajstić information content (AvgIpc) is 2.29. The fourth-order valence-electron chi connectivity index (χ4n) is 0.734.